The molecule has 7 nitrogen and oxygen atoms in total. The van der Waals surface area contributed by atoms with Gasteiger partial charge in [0, 0.05) is 18.5 Å². The fourth-order valence-electron chi connectivity index (χ4n) is 3.77. The Morgan fingerprint density at radius 1 is 1.29 bits per heavy atom. The van der Waals surface area contributed by atoms with Crippen LogP contribution < -0.4 is 5.32 Å². The van der Waals surface area contributed by atoms with Gasteiger partial charge in [0.15, 0.2) is 5.16 Å². The summed E-state index contributed by atoms with van der Waals surface area (Å²) in [5.74, 6) is -0.326. The first-order valence-corrected chi connectivity index (χ1v) is 12.1. The van der Waals surface area contributed by atoms with E-state index < -0.39 is 0 Å². The Bertz CT molecular complexity index is 1110. The second-order valence-corrected chi connectivity index (χ2v) is 9.19. The number of carbonyl (C=O) groups excluding carboxylic acids is 2. The van der Waals surface area contributed by atoms with Crippen molar-refractivity contribution in [1.82, 2.24) is 9.55 Å². The van der Waals surface area contributed by atoms with Gasteiger partial charge in [0.1, 0.15) is 5.00 Å². The maximum absolute atomic E-state index is 12.7. The van der Waals surface area contributed by atoms with E-state index in [-0.39, 0.29) is 17.6 Å². The zero-order valence-electron chi connectivity index (χ0n) is 17.6. The second-order valence-electron chi connectivity index (χ2n) is 7.15. The third-order valence-electron chi connectivity index (χ3n) is 5.12. The fourth-order valence-corrected chi connectivity index (χ4v) is 5.90. The molecule has 164 valence electrons. The molecule has 9 heteroatoms. The van der Waals surface area contributed by atoms with Crippen molar-refractivity contribution in [2.24, 2.45) is 0 Å². The van der Waals surface area contributed by atoms with Crippen LogP contribution in [0.4, 0.5) is 5.00 Å². The summed E-state index contributed by atoms with van der Waals surface area (Å²) >= 11 is 2.87. The molecule has 0 atom stereocenters. The van der Waals surface area contributed by atoms with E-state index in [1.165, 1.54) is 28.0 Å². The van der Waals surface area contributed by atoms with Crippen molar-refractivity contribution in [1.29, 1.82) is 0 Å². The standard InChI is InChI=1S/C22H25N3O4S2/c1-3-29-21(27)19-14-7-6-10-17(14)31-20(19)24-18(26)13-30-22-23-15-8-4-5-9-16(15)25(22)11-12-28-2/h4-5,8-9H,3,6-7,10-13H2,1-2H3,(H,24,26). The van der Waals surface area contributed by atoms with Crippen LogP contribution in [0.1, 0.15) is 34.1 Å². The monoisotopic (exact) mass is 459 g/mol. The van der Waals surface area contributed by atoms with Gasteiger partial charge in [-0.25, -0.2) is 9.78 Å². The van der Waals surface area contributed by atoms with Crippen LogP contribution in [0.5, 0.6) is 0 Å². The lowest BCUT2D eigenvalue weighted by molar-refractivity contribution is -0.113. The lowest BCUT2D eigenvalue weighted by atomic mass is 10.1. The number of aromatic nitrogens is 2. The Hall–Kier alpha value is -2.36. The van der Waals surface area contributed by atoms with Crippen molar-refractivity contribution in [2.45, 2.75) is 37.9 Å². The van der Waals surface area contributed by atoms with Gasteiger partial charge < -0.3 is 19.4 Å². The lowest BCUT2D eigenvalue weighted by Crippen LogP contribution is -2.17. The Morgan fingerprint density at radius 2 is 2.13 bits per heavy atom. The molecule has 1 amide bonds. The highest BCUT2D eigenvalue weighted by Gasteiger charge is 2.28. The van der Waals surface area contributed by atoms with Crippen LogP contribution in [0.2, 0.25) is 0 Å². The third-order valence-corrected chi connectivity index (χ3v) is 7.31. The summed E-state index contributed by atoms with van der Waals surface area (Å²) in [6.45, 7) is 3.31. The number of nitrogens with one attached hydrogen (secondary N) is 1. The van der Waals surface area contributed by atoms with E-state index >= 15 is 0 Å². The molecule has 0 bridgehead atoms. The number of rotatable bonds is 9. The minimum absolute atomic E-state index is 0.166. The molecule has 1 aromatic carbocycles. The number of ether oxygens (including phenoxy) is 2. The number of hydrogen-bond donors (Lipinski definition) is 1. The topological polar surface area (TPSA) is 82.5 Å². The van der Waals surface area contributed by atoms with Crippen molar-refractivity contribution in [2.75, 3.05) is 31.4 Å². The third kappa shape index (κ3) is 4.63. The molecule has 0 aliphatic heterocycles. The molecule has 2 heterocycles. The number of aryl methyl sites for hydroxylation is 1. The van der Waals surface area contributed by atoms with Crippen molar-refractivity contribution in [3.05, 3.63) is 40.3 Å². The van der Waals surface area contributed by atoms with Crippen LogP contribution in [0.3, 0.4) is 0 Å². The van der Waals surface area contributed by atoms with Crippen molar-refractivity contribution in [3.63, 3.8) is 0 Å². The van der Waals surface area contributed by atoms with Crippen LogP contribution >= 0.6 is 23.1 Å². The number of nitrogens with zero attached hydrogens (tertiary/aromatic N) is 2. The predicted octanol–water partition coefficient (Wildman–Crippen LogP) is 4.14. The summed E-state index contributed by atoms with van der Waals surface area (Å²) in [7, 11) is 1.67. The van der Waals surface area contributed by atoms with Gasteiger partial charge in [-0.3, -0.25) is 4.79 Å². The van der Waals surface area contributed by atoms with Gasteiger partial charge in [0.05, 0.1) is 35.6 Å². The number of thiophene rings is 1. The van der Waals surface area contributed by atoms with Gasteiger partial charge in [0.25, 0.3) is 0 Å². The van der Waals surface area contributed by atoms with E-state index in [1.54, 1.807) is 14.0 Å². The molecule has 0 saturated heterocycles. The summed E-state index contributed by atoms with van der Waals surface area (Å²) in [4.78, 5) is 31.1. The summed E-state index contributed by atoms with van der Waals surface area (Å²) in [5, 5.41) is 4.31. The van der Waals surface area contributed by atoms with Gasteiger partial charge in [-0.05, 0) is 43.9 Å². The lowest BCUT2D eigenvalue weighted by Gasteiger charge is -2.09. The van der Waals surface area contributed by atoms with E-state index in [1.807, 2.05) is 24.3 Å². The first-order chi connectivity index (χ1) is 15.1. The van der Waals surface area contributed by atoms with Crippen molar-refractivity contribution < 1.29 is 19.1 Å². The van der Waals surface area contributed by atoms with Gasteiger partial charge in [0.2, 0.25) is 5.91 Å². The Labute approximate surface area is 189 Å². The normalized spacial score (nSPS) is 12.8. The van der Waals surface area contributed by atoms with Crippen LogP contribution in [-0.4, -0.2) is 47.5 Å². The summed E-state index contributed by atoms with van der Waals surface area (Å²) in [6.07, 6.45) is 2.84. The molecule has 2 aromatic heterocycles. The predicted molar refractivity (Wildman–Crippen MR) is 123 cm³/mol. The highest BCUT2D eigenvalue weighted by atomic mass is 32.2. The minimum atomic E-state index is -0.355. The van der Waals surface area contributed by atoms with Gasteiger partial charge in [-0.1, -0.05) is 23.9 Å². The molecule has 3 aromatic rings. The molecule has 4 rings (SSSR count). The summed E-state index contributed by atoms with van der Waals surface area (Å²) in [5.41, 5.74) is 3.47. The number of methoxy groups -OCH3 is 1. The molecule has 1 aliphatic rings. The average molecular weight is 460 g/mol. The van der Waals surface area contributed by atoms with Gasteiger partial charge in [-0.2, -0.15) is 0 Å². The number of para-hydroxylation sites is 2. The number of anilines is 1. The molecular weight excluding hydrogens is 434 g/mol. The summed E-state index contributed by atoms with van der Waals surface area (Å²) in [6, 6.07) is 7.90. The molecule has 0 saturated carbocycles. The molecule has 1 N–H and O–H groups in total. The maximum Gasteiger partial charge on any atom is 0.341 e. The Balaban J connectivity index is 1.49. The minimum Gasteiger partial charge on any atom is -0.462 e. The van der Waals surface area contributed by atoms with E-state index in [4.69, 9.17) is 9.47 Å². The van der Waals surface area contributed by atoms with E-state index in [9.17, 15) is 9.59 Å². The van der Waals surface area contributed by atoms with Gasteiger partial charge >= 0.3 is 5.97 Å². The largest absolute Gasteiger partial charge is 0.462 e. The number of thioether (sulfide) groups is 1. The number of carbonyl (C=O) groups is 2. The second kappa shape index (κ2) is 9.84. The highest BCUT2D eigenvalue weighted by Crippen LogP contribution is 2.39. The smallest absolute Gasteiger partial charge is 0.341 e. The van der Waals surface area contributed by atoms with Crippen molar-refractivity contribution >= 4 is 51.0 Å². The summed E-state index contributed by atoms with van der Waals surface area (Å²) < 4.78 is 12.5. The number of esters is 1. The zero-order chi connectivity index (χ0) is 21.8. The number of imidazole rings is 1. The fraction of sp³-hybridized carbons (Fsp3) is 0.409. The van der Waals surface area contributed by atoms with Crippen LogP contribution in [0.25, 0.3) is 11.0 Å². The van der Waals surface area contributed by atoms with E-state index in [0.29, 0.717) is 30.3 Å². The van der Waals surface area contributed by atoms with Crippen LogP contribution in [0, 0.1) is 0 Å². The van der Waals surface area contributed by atoms with Gasteiger partial charge in [-0.15, -0.1) is 11.3 Å². The van der Waals surface area contributed by atoms with E-state index in [0.717, 1.165) is 41.0 Å². The Kier molecular flexibility index (Phi) is 6.94. The number of benzene rings is 1. The molecule has 31 heavy (non-hydrogen) atoms. The van der Waals surface area contributed by atoms with Crippen LogP contribution in [0.15, 0.2) is 29.4 Å². The Morgan fingerprint density at radius 3 is 2.94 bits per heavy atom. The molecular formula is C22H25N3O4S2. The molecule has 0 unspecified atom stereocenters. The first-order valence-electron chi connectivity index (χ1n) is 10.3. The molecule has 1 aliphatic carbocycles. The number of hydrogen-bond acceptors (Lipinski definition) is 7. The SMILES string of the molecule is CCOC(=O)c1c(NC(=O)CSc2nc3ccccc3n2CCOC)sc2c1CCC2. The van der Waals surface area contributed by atoms with Crippen LogP contribution in [-0.2, 0) is 33.7 Å². The van der Waals surface area contributed by atoms with Crippen molar-refractivity contribution in [3.8, 4) is 0 Å². The first kappa shape index (κ1) is 21.9. The maximum atomic E-state index is 12.7. The molecule has 0 radical (unpaired) electrons. The number of fused-ring (bicyclic) bond motifs is 2. The zero-order valence-corrected chi connectivity index (χ0v) is 19.2. The molecule has 0 fully saturated rings. The molecule has 0 spiro atoms. The number of amides is 1. The quantitative estimate of drug-likeness (QED) is 0.383. The van der Waals surface area contributed by atoms with E-state index in [2.05, 4.69) is 14.9 Å². The average Bonchev–Trinajstić information content (AvgIpc) is 3.43. The highest BCUT2D eigenvalue weighted by molar-refractivity contribution is 7.99.